The zero-order valence-electron chi connectivity index (χ0n) is 17.9. The Labute approximate surface area is 196 Å². The maximum absolute atomic E-state index is 12.2. The van der Waals surface area contributed by atoms with Crippen molar-refractivity contribution >= 4 is 50.8 Å². The molecule has 3 aliphatic heterocycles. The molecule has 3 heterocycles. The van der Waals surface area contributed by atoms with Gasteiger partial charge in [0.25, 0.3) is 5.91 Å². The molecule has 0 aromatic carbocycles. The minimum Gasteiger partial charge on any atom is -0.370 e. The number of hydrogen-bond acceptors (Lipinski definition) is 12. The van der Waals surface area contributed by atoms with Gasteiger partial charge in [0.2, 0.25) is 0 Å². The molecule has 1 fully saturated rings. The fourth-order valence-corrected chi connectivity index (χ4v) is 7.91. The summed E-state index contributed by atoms with van der Waals surface area (Å²) < 4.78 is 54.2. The summed E-state index contributed by atoms with van der Waals surface area (Å²) >= 11 is 0. The number of guanidine groups is 1. The molecule has 10 unspecified atom stereocenters. The second-order valence-corrected chi connectivity index (χ2v) is 13.1. The second kappa shape index (κ2) is 10.3. The maximum atomic E-state index is 12.2. The molecule has 0 aromatic heterocycles. The van der Waals surface area contributed by atoms with Gasteiger partial charge < -0.3 is 30.1 Å². The number of aliphatic imine (C=N–C) groups is 2. The average molecular weight is 566 g/mol. The number of nitrogens with two attached hydrogens (primary N) is 1. The van der Waals surface area contributed by atoms with Crippen molar-refractivity contribution in [3.63, 3.8) is 0 Å². The summed E-state index contributed by atoms with van der Waals surface area (Å²) in [5, 5.41) is 4.11. The van der Waals surface area contributed by atoms with Gasteiger partial charge in [-0.05, 0) is 19.4 Å². The molecule has 0 aromatic rings. The van der Waals surface area contributed by atoms with E-state index in [0.717, 1.165) is 7.05 Å². The van der Waals surface area contributed by atoms with E-state index < -0.39 is 60.4 Å². The van der Waals surface area contributed by atoms with E-state index in [9.17, 15) is 33.2 Å². The Kier molecular flexibility index (Phi) is 8.41. The molecule has 194 valence electrons. The summed E-state index contributed by atoms with van der Waals surface area (Å²) in [7, 11) is -11.9. The van der Waals surface area contributed by atoms with Crippen molar-refractivity contribution in [3.8, 4) is 0 Å². The molecule has 7 N–H and O–H groups in total. The standard InChI is InChI=1S/C13H26N6O11P4/c1-3-6-7(4-27-33(23,24)30-34(25,26)29-32(21,22)15-2)28-12(9(6)31)19-5-16-8-10(19)17-13(14)18-11(8)20/h5-10,12H,3-4,31H2,1-2H3,(H,23,24)(H,25,26)(H2,15,21,22)(H3,14,17,18,20). The quantitative estimate of drug-likeness (QED) is 0.174. The lowest BCUT2D eigenvalue weighted by Crippen LogP contribution is -2.56. The Morgan fingerprint density at radius 1 is 1.29 bits per heavy atom. The van der Waals surface area contributed by atoms with Crippen LogP contribution in [0.4, 0.5) is 0 Å². The van der Waals surface area contributed by atoms with Crippen molar-refractivity contribution < 1.29 is 51.1 Å². The number of hydrogen-bond donors (Lipinski definition) is 6. The summed E-state index contributed by atoms with van der Waals surface area (Å²) in [6, 6.07) is -0.812. The van der Waals surface area contributed by atoms with Crippen LogP contribution in [0.5, 0.6) is 0 Å². The van der Waals surface area contributed by atoms with E-state index in [1.54, 1.807) is 9.99 Å². The molecule has 0 radical (unpaired) electrons. The zero-order valence-corrected chi connectivity index (χ0v) is 21.7. The second-order valence-electron chi connectivity index (χ2n) is 7.43. The van der Waals surface area contributed by atoms with Crippen LogP contribution >= 0.6 is 32.6 Å². The number of phosphoric acid groups is 2. The van der Waals surface area contributed by atoms with Crippen LogP contribution in [0.15, 0.2) is 9.98 Å². The molecule has 17 nitrogen and oxygen atoms in total. The number of rotatable bonds is 10. The first-order valence-corrected chi connectivity index (χ1v) is 15.0. The van der Waals surface area contributed by atoms with Crippen LogP contribution in [-0.2, 0) is 36.4 Å². The lowest BCUT2D eigenvalue weighted by atomic mass is 9.97. The van der Waals surface area contributed by atoms with Crippen LogP contribution < -0.4 is 16.1 Å². The number of fused-ring (bicyclic) bond motifs is 1. The van der Waals surface area contributed by atoms with Gasteiger partial charge in [0.15, 0.2) is 18.2 Å². The Balaban J connectivity index is 1.66. The van der Waals surface area contributed by atoms with E-state index in [1.807, 2.05) is 6.92 Å². The fourth-order valence-electron chi connectivity index (χ4n) is 3.70. The lowest BCUT2D eigenvalue weighted by Gasteiger charge is -2.33. The van der Waals surface area contributed by atoms with Crippen molar-refractivity contribution in [2.24, 2.45) is 21.6 Å². The first kappa shape index (κ1) is 27.8. The predicted octanol–water partition coefficient (Wildman–Crippen LogP) is -0.965. The molecule has 1 saturated heterocycles. The minimum atomic E-state index is -5.45. The number of carbonyl (C=O) groups is 1. The van der Waals surface area contributed by atoms with Crippen molar-refractivity contribution in [1.29, 1.82) is 0 Å². The number of carbonyl (C=O) groups excluding carboxylic acids is 1. The van der Waals surface area contributed by atoms with Gasteiger partial charge in [-0.1, -0.05) is 6.92 Å². The third-order valence-corrected chi connectivity index (χ3v) is 10.5. The molecule has 1 amide bonds. The van der Waals surface area contributed by atoms with Crippen molar-refractivity contribution in [3.05, 3.63) is 0 Å². The number of amides is 1. The molecule has 0 saturated carbocycles. The van der Waals surface area contributed by atoms with Gasteiger partial charge >= 0.3 is 23.4 Å². The number of phosphoric ester groups is 1. The van der Waals surface area contributed by atoms with Gasteiger partial charge in [-0.2, -0.15) is 8.62 Å². The minimum absolute atomic E-state index is 0.0632. The van der Waals surface area contributed by atoms with E-state index in [1.165, 1.54) is 6.34 Å². The Morgan fingerprint density at radius 2 is 1.97 bits per heavy atom. The lowest BCUT2D eigenvalue weighted by molar-refractivity contribution is -0.123. The Morgan fingerprint density at radius 3 is 2.59 bits per heavy atom. The van der Waals surface area contributed by atoms with Crippen molar-refractivity contribution in [2.45, 2.75) is 43.5 Å². The van der Waals surface area contributed by atoms with Gasteiger partial charge in [-0.25, -0.2) is 23.8 Å². The fraction of sp³-hybridized carbons (Fsp3) is 0.769. The molecule has 3 aliphatic rings. The molecule has 0 aliphatic carbocycles. The molecule has 21 heteroatoms. The normalized spacial score (nSPS) is 36.2. The molecular formula is C13H26N6O11P4. The van der Waals surface area contributed by atoms with E-state index in [0.29, 0.717) is 6.42 Å². The topological polar surface area (TPSA) is 244 Å². The highest BCUT2D eigenvalue weighted by molar-refractivity contribution is 7.67. The monoisotopic (exact) mass is 566 g/mol. The van der Waals surface area contributed by atoms with Crippen molar-refractivity contribution in [2.75, 3.05) is 13.7 Å². The van der Waals surface area contributed by atoms with E-state index in [4.69, 9.17) is 15.0 Å². The largest absolute Gasteiger partial charge is 0.489 e. The molecule has 3 rings (SSSR count). The smallest absolute Gasteiger partial charge is 0.370 e. The van der Waals surface area contributed by atoms with E-state index in [2.05, 4.69) is 33.2 Å². The summed E-state index contributed by atoms with van der Waals surface area (Å²) in [6.07, 6.45) is -0.217. The predicted molar refractivity (Wildman–Crippen MR) is 120 cm³/mol. The van der Waals surface area contributed by atoms with Gasteiger partial charge in [0, 0.05) is 5.66 Å². The van der Waals surface area contributed by atoms with Crippen molar-refractivity contribution in [1.82, 2.24) is 15.3 Å². The average Bonchev–Trinajstić information content (AvgIpc) is 3.25. The first-order chi connectivity index (χ1) is 15.7. The summed E-state index contributed by atoms with van der Waals surface area (Å²) in [5.74, 6) is -0.715. The highest BCUT2D eigenvalue weighted by Gasteiger charge is 2.50. The first-order valence-electron chi connectivity index (χ1n) is 9.79. The van der Waals surface area contributed by atoms with Crippen LogP contribution in [0.25, 0.3) is 0 Å². The number of nitrogens with zero attached hydrogens (tertiary/aromatic N) is 3. The third-order valence-electron chi connectivity index (χ3n) is 5.23. The molecular weight excluding hydrogens is 540 g/mol. The van der Waals surface area contributed by atoms with E-state index in [-0.39, 0.29) is 17.5 Å². The van der Waals surface area contributed by atoms with Crippen LogP contribution in [0.2, 0.25) is 0 Å². The van der Waals surface area contributed by atoms with Crippen LogP contribution in [0.3, 0.4) is 0 Å². The molecule has 0 spiro atoms. The SMILES string of the molecule is CCC1C(COP(=O)(O)OP(=O)(O)OP(=O)(O)NC)OC(N2C=NC3C(=O)NC(N)=NC32)C1P. The highest BCUT2D eigenvalue weighted by atomic mass is 31.3. The van der Waals surface area contributed by atoms with E-state index >= 15 is 0 Å². The summed E-state index contributed by atoms with van der Waals surface area (Å²) in [6.45, 7) is 1.31. The molecule has 10 atom stereocenters. The highest BCUT2D eigenvalue weighted by Crippen LogP contribution is 2.66. The third kappa shape index (κ3) is 6.31. The summed E-state index contributed by atoms with van der Waals surface area (Å²) in [4.78, 5) is 50.6. The van der Waals surface area contributed by atoms with Crippen LogP contribution in [0.1, 0.15) is 13.3 Å². The van der Waals surface area contributed by atoms with Gasteiger partial charge in [0.1, 0.15) is 6.23 Å². The molecule has 0 bridgehead atoms. The van der Waals surface area contributed by atoms with Gasteiger partial charge in [-0.15, -0.1) is 9.24 Å². The zero-order chi connectivity index (χ0) is 25.5. The van der Waals surface area contributed by atoms with Crippen LogP contribution in [-0.4, -0.2) is 81.6 Å². The Bertz CT molecular complexity index is 1010. The molecule has 34 heavy (non-hydrogen) atoms. The van der Waals surface area contributed by atoms with Gasteiger partial charge in [-0.3, -0.25) is 19.6 Å². The summed E-state index contributed by atoms with van der Waals surface area (Å²) in [5.41, 5.74) is 5.40. The van der Waals surface area contributed by atoms with Crippen LogP contribution in [0, 0.1) is 5.92 Å². The number of nitrogens with one attached hydrogen (secondary N) is 2. The van der Waals surface area contributed by atoms with Gasteiger partial charge in [0.05, 0.1) is 19.0 Å². The number of ether oxygens (including phenoxy) is 1. The Hall–Kier alpha value is -0.790. The maximum Gasteiger partial charge on any atom is 0.489 e.